The molecule has 0 N–H and O–H groups in total. The van der Waals surface area contributed by atoms with Crippen LogP contribution in [0.3, 0.4) is 0 Å². The zero-order valence-electron chi connectivity index (χ0n) is 16.8. The fourth-order valence-corrected chi connectivity index (χ4v) is 4.01. The van der Waals surface area contributed by atoms with E-state index in [1.54, 1.807) is 48.5 Å². The van der Waals surface area contributed by atoms with Crippen molar-refractivity contribution in [1.29, 1.82) is 5.26 Å². The minimum atomic E-state index is 0.218. The van der Waals surface area contributed by atoms with Gasteiger partial charge in [-0.1, -0.05) is 70.1 Å². The highest BCUT2D eigenvalue weighted by Crippen LogP contribution is 2.39. The van der Waals surface area contributed by atoms with Gasteiger partial charge in [-0.05, 0) is 60.5 Å². The molecule has 0 aromatic heterocycles. The number of nitriles is 1. The Morgan fingerprint density at radius 2 is 1.66 bits per heavy atom. The van der Waals surface area contributed by atoms with Gasteiger partial charge < -0.3 is 9.47 Å². The highest BCUT2D eigenvalue weighted by molar-refractivity contribution is 6.42. The third-order valence-corrected chi connectivity index (χ3v) is 5.92. The van der Waals surface area contributed by atoms with Crippen LogP contribution >= 0.6 is 58.0 Å². The molecule has 0 heterocycles. The standard InChI is InChI=1S/C24H16Cl5NO2/c1-2-31-23-10-15(7-16(12-30)18-5-4-17(25)11-20(18)27)9-22(29)24(23)32-13-14-3-6-19(26)21(28)8-14/h3-11H,2,13H2,1H3/b16-7+. The summed E-state index contributed by atoms with van der Waals surface area (Å²) in [5, 5.41) is 11.8. The molecule has 0 saturated heterocycles. The molecule has 0 bridgehead atoms. The van der Waals surface area contributed by atoms with Gasteiger partial charge in [0.15, 0.2) is 11.5 Å². The maximum Gasteiger partial charge on any atom is 0.180 e. The molecule has 0 aliphatic carbocycles. The van der Waals surface area contributed by atoms with Crippen LogP contribution in [0, 0.1) is 11.3 Å². The van der Waals surface area contributed by atoms with Crippen molar-refractivity contribution in [1.82, 2.24) is 0 Å². The number of rotatable bonds is 7. The molecule has 3 aromatic rings. The highest BCUT2D eigenvalue weighted by Gasteiger charge is 2.14. The van der Waals surface area contributed by atoms with Crippen molar-refractivity contribution in [3.05, 3.63) is 90.3 Å². The number of allylic oxidation sites excluding steroid dienone is 1. The topological polar surface area (TPSA) is 42.2 Å². The molecular formula is C24H16Cl5NO2. The van der Waals surface area contributed by atoms with Crippen LogP contribution in [0.1, 0.15) is 23.6 Å². The molecule has 0 aliphatic heterocycles. The van der Waals surface area contributed by atoms with Crippen molar-refractivity contribution in [2.75, 3.05) is 6.61 Å². The monoisotopic (exact) mass is 525 g/mol. The Bertz CT molecular complexity index is 1220. The fraction of sp³-hybridized carbons (Fsp3) is 0.125. The Morgan fingerprint density at radius 1 is 0.875 bits per heavy atom. The van der Waals surface area contributed by atoms with Gasteiger partial charge in [-0.2, -0.15) is 5.26 Å². The molecular weight excluding hydrogens is 512 g/mol. The van der Waals surface area contributed by atoms with Crippen molar-refractivity contribution in [3.8, 4) is 17.6 Å². The summed E-state index contributed by atoms with van der Waals surface area (Å²) in [4.78, 5) is 0. The summed E-state index contributed by atoms with van der Waals surface area (Å²) in [5.74, 6) is 0.838. The highest BCUT2D eigenvalue weighted by atomic mass is 35.5. The van der Waals surface area contributed by atoms with E-state index in [2.05, 4.69) is 6.07 Å². The SMILES string of the molecule is CCOc1cc(/C=C(\C#N)c2ccc(Cl)cc2Cl)cc(Cl)c1OCc1ccc(Cl)c(Cl)c1. The van der Waals surface area contributed by atoms with Crippen LogP contribution in [0.25, 0.3) is 11.6 Å². The van der Waals surface area contributed by atoms with E-state index in [9.17, 15) is 5.26 Å². The Balaban J connectivity index is 1.94. The van der Waals surface area contributed by atoms with E-state index in [1.165, 1.54) is 0 Å². The van der Waals surface area contributed by atoms with E-state index in [0.29, 0.717) is 59.9 Å². The first kappa shape index (κ1) is 24.6. The van der Waals surface area contributed by atoms with Crippen molar-refractivity contribution < 1.29 is 9.47 Å². The van der Waals surface area contributed by atoms with Crippen LogP contribution < -0.4 is 9.47 Å². The molecule has 0 spiro atoms. The van der Waals surface area contributed by atoms with Crippen molar-refractivity contribution in [3.63, 3.8) is 0 Å². The maximum absolute atomic E-state index is 9.66. The lowest BCUT2D eigenvalue weighted by atomic mass is 10.0. The number of ether oxygens (including phenoxy) is 2. The van der Waals surface area contributed by atoms with Gasteiger partial charge in [0.2, 0.25) is 0 Å². The first-order valence-electron chi connectivity index (χ1n) is 9.42. The average Bonchev–Trinajstić information content (AvgIpc) is 2.74. The van der Waals surface area contributed by atoms with E-state index < -0.39 is 0 Å². The summed E-state index contributed by atoms with van der Waals surface area (Å²) < 4.78 is 11.7. The summed E-state index contributed by atoms with van der Waals surface area (Å²) in [6, 6.07) is 15.8. The smallest absolute Gasteiger partial charge is 0.180 e. The second-order valence-electron chi connectivity index (χ2n) is 6.59. The Kier molecular flexibility index (Phi) is 8.59. The van der Waals surface area contributed by atoms with Crippen LogP contribution in [-0.4, -0.2) is 6.61 Å². The molecule has 0 unspecified atom stereocenters. The van der Waals surface area contributed by atoms with Gasteiger partial charge in [0.05, 0.1) is 38.3 Å². The summed E-state index contributed by atoms with van der Waals surface area (Å²) in [5.41, 5.74) is 2.40. The van der Waals surface area contributed by atoms with Crippen molar-refractivity contribution in [2.24, 2.45) is 0 Å². The van der Waals surface area contributed by atoms with E-state index in [0.717, 1.165) is 5.56 Å². The van der Waals surface area contributed by atoms with Crippen LogP contribution in [-0.2, 0) is 6.61 Å². The van der Waals surface area contributed by atoms with Gasteiger partial charge in [0.25, 0.3) is 0 Å². The Hall–Kier alpha value is -2.06. The predicted molar refractivity (Wildman–Crippen MR) is 133 cm³/mol. The number of hydrogen-bond donors (Lipinski definition) is 0. The average molecular weight is 528 g/mol. The molecule has 3 rings (SSSR count). The first-order chi connectivity index (χ1) is 15.3. The van der Waals surface area contributed by atoms with E-state index in [4.69, 9.17) is 67.5 Å². The predicted octanol–water partition coefficient (Wildman–Crippen LogP) is 9.00. The quantitative estimate of drug-likeness (QED) is 0.227. The lowest BCUT2D eigenvalue weighted by Crippen LogP contribution is -2.01. The summed E-state index contributed by atoms with van der Waals surface area (Å²) >= 11 is 30.8. The van der Waals surface area contributed by atoms with E-state index in [-0.39, 0.29) is 6.61 Å². The molecule has 0 fully saturated rings. The van der Waals surface area contributed by atoms with E-state index in [1.807, 2.05) is 13.0 Å². The zero-order chi connectivity index (χ0) is 23.3. The van der Waals surface area contributed by atoms with Gasteiger partial charge in [0, 0.05) is 10.6 Å². The largest absolute Gasteiger partial charge is 0.490 e. The van der Waals surface area contributed by atoms with Crippen molar-refractivity contribution in [2.45, 2.75) is 13.5 Å². The molecule has 32 heavy (non-hydrogen) atoms. The zero-order valence-corrected chi connectivity index (χ0v) is 20.5. The number of hydrogen-bond acceptors (Lipinski definition) is 3. The third kappa shape index (κ3) is 6.04. The maximum atomic E-state index is 9.66. The number of halogens is 5. The second kappa shape index (κ2) is 11.2. The minimum absolute atomic E-state index is 0.218. The van der Waals surface area contributed by atoms with Crippen LogP contribution in [0.4, 0.5) is 0 Å². The first-order valence-corrected chi connectivity index (χ1v) is 11.3. The molecule has 0 radical (unpaired) electrons. The van der Waals surface area contributed by atoms with Crippen LogP contribution in [0.5, 0.6) is 11.5 Å². The minimum Gasteiger partial charge on any atom is -0.490 e. The van der Waals surface area contributed by atoms with Gasteiger partial charge in [-0.15, -0.1) is 0 Å². The van der Waals surface area contributed by atoms with Gasteiger partial charge >= 0.3 is 0 Å². The molecule has 0 atom stereocenters. The molecule has 8 heteroatoms. The molecule has 3 aromatic carbocycles. The van der Waals surface area contributed by atoms with Gasteiger partial charge in [-0.25, -0.2) is 0 Å². The van der Waals surface area contributed by atoms with Gasteiger partial charge in [0.1, 0.15) is 6.61 Å². The third-order valence-electron chi connectivity index (χ3n) is 4.35. The second-order valence-corrected chi connectivity index (χ2v) is 8.66. The summed E-state index contributed by atoms with van der Waals surface area (Å²) in [7, 11) is 0. The summed E-state index contributed by atoms with van der Waals surface area (Å²) in [6.45, 7) is 2.48. The molecule has 0 aliphatic rings. The number of benzene rings is 3. The fourth-order valence-electron chi connectivity index (χ4n) is 2.90. The molecule has 3 nitrogen and oxygen atoms in total. The van der Waals surface area contributed by atoms with Crippen molar-refractivity contribution >= 4 is 69.7 Å². The number of nitrogens with zero attached hydrogens (tertiary/aromatic N) is 1. The van der Waals surface area contributed by atoms with Crippen LogP contribution in [0.2, 0.25) is 25.1 Å². The lowest BCUT2D eigenvalue weighted by molar-refractivity contribution is 0.269. The Morgan fingerprint density at radius 3 is 2.31 bits per heavy atom. The van der Waals surface area contributed by atoms with Gasteiger partial charge in [-0.3, -0.25) is 0 Å². The normalized spacial score (nSPS) is 11.2. The summed E-state index contributed by atoms with van der Waals surface area (Å²) in [6.07, 6.45) is 1.67. The molecule has 0 amide bonds. The van der Waals surface area contributed by atoms with Crippen LogP contribution in [0.15, 0.2) is 48.5 Å². The Labute approximate surface area is 211 Å². The van der Waals surface area contributed by atoms with E-state index >= 15 is 0 Å². The molecule has 0 saturated carbocycles. The lowest BCUT2D eigenvalue weighted by Gasteiger charge is -2.15. The molecule has 164 valence electrons.